The SMILES string of the molecule is O=C1NC(C2CCCCC2)C(=O)NC1Cc1ccccc1. The van der Waals surface area contributed by atoms with Crippen LogP contribution in [0.5, 0.6) is 0 Å². The van der Waals surface area contributed by atoms with Crippen molar-refractivity contribution in [3.63, 3.8) is 0 Å². The number of rotatable bonds is 3. The Morgan fingerprint density at radius 3 is 2.33 bits per heavy atom. The van der Waals surface area contributed by atoms with E-state index in [0.717, 1.165) is 31.2 Å². The van der Waals surface area contributed by atoms with E-state index in [0.29, 0.717) is 12.3 Å². The van der Waals surface area contributed by atoms with Crippen molar-refractivity contribution in [2.45, 2.75) is 50.6 Å². The Labute approximate surface area is 125 Å². The second kappa shape index (κ2) is 6.29. The van der Waals surface area contributed by atoms with Gasteiger partial charge in [0.15, 0.2) is 0 Å². The Morgan fingerprint density at radius 2 is 1.62 bits per heavy atom. The quantitative estimate of drug-likeness (QED) is 0.890. The fourth-order valence-electron chi connectivity index (χ4n) is 3.44. The largest absolute Gasteiger partial charge is 0.342 e. The number of hydrogen-bond acceptors (Lipinski definition) is 2. The maximum atomic E-state index is 12.3. The summed E-state index contributed by atoms with van der Waals surface area (Å²) in [6, 6.07) is 9.02. The molecule has 1 saturated heterocycles. The molecule has 0 aromatic heterocycles. The molecule has 112 valence electrons. The van der Waals surface area contributed by atoms with Crippen molar-refractivity contribution in [3.05, 3.63) is 35.9 Å². The molecule has 1 heterocycles. The van der Waals surface area contributed by atoms with Gasteiger partial charge in [0.25, 0.3) is 0 Å². The highest BCUT2D eigenvalue weighted by atomic mass is 16.2. The van der Waals surface area contributed by atoms with Gasteiger partial charge in [-0.1, -0.05) is 49.6 Å². The Kier molecular flexibility index (Phi) is 4.23. The van der Waals surface area contributed by atoms with Crippen molar-refractivity contribution in [3.8, 4) is 0 Å². The van der Waals surface area contributed by atoms with Crippen molar-refractivity contribution in [1.82, 2.24) is 10.6 Å². The van der Waals surface area contributed by atoms with Gasteiger partial charge in [0.05, 0.1) is 0 Å². The molecular formula is C17H22N2O2. The van der Waals surface area contributed by atoms with Crippen LogP contribution in [0.25, 0.3) is 0 Å². The van der Waals surface area contributed by atoms with Crippen LogP contribution >= 0.6 is 0 Å². The molecule has 0 radical (unpaired) electrons. The first-order valence-electron chi connectivity index (χ1n) is 7.89. The van der Waals surface area contributed by atoms with E-state index in [-0.39, 0.29) is 17.9 Å². The molecule has 2 aliphatic rings. The molecule has 1 aliphatic carbocycles. The number of nitrogens with one attached hydrogen (secondary N) is 2. The summed E-state index contributed by atoms with van der Waals surface area (Å²) in [5.41, 5.74) is 1.06. The van der Waals surface area contributed by atoms with E-state index >= 15 is 0 Å². The lowest BCUT2D eigenvalue weighted by molar-refractivity contribution is -0.138. The zero-order valence-electron chi connectivity index (χ0n) is 12.2. The monoisotopic (exact) mass is 286 g/mol. The van der Waals surface area contributed by atoms with Crippen molar-refractivity contribution >= 4 is 11.8 Å². The zero-order chi connectivity index (χ0) is 14.7. The molecule has 4 heteroatoms. The van der Waals surface area contributed by atoms with Crippen LogP contribution in [0.4, 0.5) is 0 Å². The zero-order valence-corrected chi connectivity index (χ0v) is 12.2. The van der Waals surface area contributed by atoms with Gasteiger partial charge in [-0.3, -0.25) is 9.59 Å². The van der Waals surface area contributed by atoms with Gasteiger partial charge in [-0.15, -0.1) is 0 Å². The molecule has 2 amide bonds. The summed E-state index contributed by atoms with van der Waals surface area (Å²) in [6.07, 6.45) is 6.21. The molecule has 1 aromatic rings. The molecule has 4 nitrogen and oxygen atoms in total. The van der Waals surface area contributed by atoms with Crippen molar-refractivity contribution in [2.24, 2.45) is 5.92 Å². The lowest BCUT2D eigenvalue weighted by Crippen LogP contribution is -2.64. The predicted molar refractivity (Wildman–Crippen MR) is 80.6 cm³/mol. The van der Waals surface area contributed by atoms with Crippen LogP contribution in [-0.4, -0.2) is 23.9 Å². The Morgan fingerprint density at radius 1 is 0.905 bits per heavy atom. The van der Waals surface area contributed by atoms with E-state index in [1.807, 2.05) is 30.3 Å². The fraction of sp³-hybridized carbons (Fsp3) is 0.529. The third kappa shape index (κ3) is 3.26. The molecule has 21 heavy (non-hydrogen) atoms. The summed E-state index contributed by atoms with van der Waals surface area (Å²) < 4.78 is 0. The maximum absolute atomic E-state index is 12.3. The summed E-state index contributed by atoms with van der Waals surface area (Å²) in [5.74, 6) is 0.247. The molecule has 2 atom stereocenters. The normalized spacial score (nSPS) is 27.0. The lowest BCUT2D eigenvalue weighted by atomic mass is 9.82. The number of hydrogen-bond donors (Lipinski definition) is 2. The third-order valence-electron chi connectivity index (χ3n) is 4.62. The first-order valence-corrected chi connectivity index (χ1v) is 7.89. The minimum absolute atomic E-state index is 0.0116. The summed E-state index contributed by atoms with van der Waals surface area (Å²) in [7, 11) is 0. The van der Waals surface area contributed by atoms with Crippen LogP contribution < -0.4 is 10.6 Å². The van der Waals surface area contributed by atoms with Crippen LogP contribution in [0.1, 0.15) is 37.7 Å². The molecular weight excluding hydrogens is 264 g/mol. The molecule has 1 aromatic carbocycles. The maximum Gasteiger partial charge on any atom is 0.243 e. The van der Waals surface area contributed by atoms with Gasteiger partial charge in [-0.05, 0) is 24.3 Å². The second-order valence-corrected chi connectivity index (χ2v) is 6.14. The first kappa shape index (κ1) is 14.1. The number of carbonyl (C=O) groups excluding carboxylic acids is 2. The van der Waals surface area contributed by atoms with E-state index in [1.165, 1.54) is 6.42 Å². The Balaban J connectivity index is 1.64. The molecule has 0 spiro atoms. The van der Waals surface area contributed by atoms with E-state index in [1.54, 1.807) is 0 Å². The number of amides is 2. The van der Waals surface area contributed by atoms with E-state index in [2.05, 4.69) is 10.6 Å². The number of piperazine rings is 1. The predicted octanol–water partition coefficient (Wildman–Crippen LogP) is 1.79. The molecule has 0 bridgehead atoms. The third-order valence-corrected chi connectivity index (χ3v) is 4.62. The Hall–Kier alpha value is -1.84. The van der Waals surface area contributed by atoms with Gasteiger partial charge in [-0.2, -0.15) is 0 Å². The summed E-state index contributed by atoms with van der Waals surface area (Å²) >= 11 is 0. The van der Waals surface area contributed by atoms with Gasteiger partial charge in [0.1, 0.15) is 12.1 Å². The average molecular weight is 286 g/mol. The van der Waals surface area contributed by atoms with Crippen LogP contribution in [-0.2, 0) is 16.0 Å². The minimum Gasteiger partial charge on any atom is -0.342 e. The van der Waals surface area contributed by atoms with Gasteiger partial charge < -0.3 is 10.6 Å². The summed E-state index contributed by atoms with van der Waals surface area (Å²) in [5, 5.41) is 5.87. The number of carbonyl (C=O) groups is 2. The van der Waals surface area contributed by atoms with E-state index in [4.69, 9.17) is 0 Å². The van der Waals surface area contributed by atoms with Crippen molar-refractivity contribution < 1.29 is 9.59 Å². The summed E-state index contributed by atoms with van der Waals surface area (Å²) in [4.78, 5) is 24.6. The number of benzene rings is 1. The highest BCUT2D eigenvalue weighted by molar-refractivity contribution is 5.97. The van der Waals surface area contributed by atoms with Crippen LogP contribution in [0.2, 0.25) is 0 Å². The molecule has 1 aliphatic heterocycles. The molecule has 1 saturated carbocycles. The van der Waals surface area contributed by atoms with E-state index in [9.17, 15) is 9.59 Å². The lowest BCUT2D eigenvalue weighted by Gasteiger charge is -2.35. The highest BCUT2D eigenvalue weighted by Crippen LogP contribution is 2.27. The van der Waals surface area contributed by atoms with E-state index < -0.39 is 6.04 Å². The molecule has 3 rings (SSSR count). The summed E-state index contributed by atoms with van der Waals surface area (Å²) in [6.45, 7) is 0. The molecule has 2 fully saturated rings. The highest BCUT2D eigenvalue weighted by Gasteiger charge is 2.38. The van der Waals surface area contributed by atoms with Gasteiger partial charge in [0, 0.05) is 6.42 Å². The van der Waals surface area contributed by atoms with Crippen molar-refractivity contribution in [1.29, 1.82) is 0 Å². The smallest absolute Gasteiger partial charge is 0.243 e. The van der Waals surface area contributed by atoms with Crippen molar-refractivity contribution in [2.75, 3.05) is 0 Å². The first-order chi connectivity index (χ1) is 10.2. The standard InChI is InChI=1S/C17H22N2O2/c20-16-14(11-12-7-3-1-4-8-12)18-17(21)15(19-16)13-9-5-2-6-10-13/h1,3-4,7-8,13-15H,2,5-6,9-11H2,(H,18,21)(H,19,20). The topological polar surface area (TPSA) is 58.2 Å². The van der Waals surface area contributed by atoms with Crippen LogP contribution in [0.15, 0.2) is 30.3 Å². The van der Waals surface area contributed by atoms with Crippen LogP contribution in [0.3, 0.4) is 0 Å². The average Bonchev–Trinajstić information content (AvgIpc) is 2.52. The molecule has 2 unspecified atom stereocenters. The van der Waals surface area contributed by atoms with Gasteiger partial charge in [0.2, 0.25) is 11.8 Å². The molecule has 2 N–H and O–H groups in total. The Bertz CT molecular complexity index is 509. The van der Waals surface area contributed by atoms with Gasteiger partial charge >= 0.3 is 0 Å². The minimum atomic E-state index is -0.445. The fourth-order valence-corrected chi connectivity index (χ4v) is 3.44. The van der Waals surface area contributed by atoms with Crippen LogP contribution in [0, 0.1) is 5.92 Å². The second-order valence-electron chi connectivity index (χ2n) is 6.14. The van der Waals surface area contributed by atoms with Gasteiger partial charge in [-0.25, -0.2) is 0 Å².